The zero-order valence-electron chi connectivity index (χ0n) is 8.26. The molecule has 1 unspecified atom stereocenters. The lowest BCUT2D eigenvalue weighted by molar-refractivity contribution is -0.121. The van der Waals surface area contributed by atoms with Crippen LogP contribution in [0, 0.1) is 0 Å². The van der Waals surface area contributed by atoms with Gasteiger partial charge in [0.1, 0.15) is 17.4 Å². The van der Waals surface area contributed by atoms with Crippen LogP contribution in [0.1, 0.15) is 25.3 Å². The van der Waals surface area contributed by atoms with Gasteiger partial charge in [0.15, 0.2) is 5.76 Å². The summed E-state index contributed by atoms with van der Waals surface area (Å²) in [6.07, 6.45) is 0.774. The summed E-state index contributed by atoms with van der Waals surface area (Å²) in [5.41, 5.74) is 1.65. The standard InChI is InChI=1S/C9H13N3O2/c1-3-7-8-6(12-14-7)4-10-9(13)5(2)11-8/h5,11H,3-4H2,1-2H3,(H,10,13). The van der Waals surface area contributed by atoms with Crippen LogP contribution in [0.15, 0.2) is 4.52 Å². The maximum atomic E-state index is 11.3. The molecule has 0 saturated heterocycles. The number of aryl methyl sites for hydroxylation is 1. The van der Waals surface area contributed by atoms with Crippen LogP contribution in [0.2, 0.25) is 0 Å². The number of carbonyl (C=O) groups is 1. The van der Waals surface area contributed by atoms with Crippen molar-refractivity contribution in [2.75, 3.05) is 5.32 Å². The summed E-state index contributed by atoms with van der Waals surface area (Å²) in [6.45, 7) is 4.25. The third-order valence-corrected chi connectivity index (χ3v) is 2.34. The first-order valence-corrected chi connectivity index (χ1v) is 4.74. The van der Waals surface area contributed by atoms with Crippen LogP contribution in [0.4, 0.5) is 5.69 Å². The summed E-state index contributed by atoms with van der Waals surface area (Å²) >= 11 is 0. The van der Waals surface area contributed by atoms with Gasteiger partial charge in [0.2, 0.25) is 5.91 Å². The molecule has 2 rings (SSSR count). The van der Waals surface area contributed by atoms with Gasteiger partial charge >= 0.3 is 0 Å². The van der Waals surface area contributed by atoms with Crippen molar-refractivity contribution >= 4 is 11.6 Å². The van der Waals surface area contributed by atoms with E-state index >= 15 is 0 Å². The van der Waals surface area contributed by atoms with Gasteiger partial charge in [-0.1, -0.05) is 12.1 Å². The Labute approximate surface area is 81.8 Å². The molecule has 1 aliphatic heterocycles. The molecule has 5 heteroatoms. The first-order chi connectivity index (χ1) is 6.72. The number of carbonyl (C=O) groups excluding carboxylic acids is 1. The van der Waals surface area contributed by atoms with Gasteiger partial charge in [-0.3, -0.25) is 4.79 Å². The molecular formula is C9H13N3O2. The first-order valence-electron chi connectivity index (χ1n) is 4.74. The molecular weight excluding hydrogens is 182 g/mol. The summed E-state index contributed by atoms with van der Waals surface area (Å²) in [5, 5.41) is 9.77. The molecule has 2 N–H and O–H groups in total. The van der Waals surface area contributed by atoms with Crippen LogP contribution < -0.4 is 10.6 Å². The lowest BCUT2D eigenvalue weighted by Crippen LogP contribution is -2.34. The Morgan fingerprint density at radius 1 is 1.64 bits per heavy atom. The van der Waals surface area contributed by atoms with E-state index in [4.69, 9.17) is 4.52 Å². The molecule has 1 atom stereocenters. The third-order valence-electron chi connectivity index (χ3n) is 2.34. The Morgan fingerprint density at radius 3 is 3.14 bits per heavy atom. The van der Waals surface area contributed by atoms with Crippen molar-refractivity contribution in [2.45, 2.75) is 32.9 Å². The Balaban J connectivity index is 2.35. The zero-order chi connectivity index (χ0) is 10.1. The van der Waals surface area contributed by atoms with Crippen LogP contribution in [-0.2, 0) is 17.8 Å². The Morgan fingerprint density at radius 2 is 2.43 bits per heavy atom. The van der Waals surface area contributed by atoms with Gasteiger partial charge in [-0.05, 0) is 6.92 Å². The number of rotatable bonds is 1. The Bertz CT molecular complexity index is 359. The molecule has 0 saturated carbocycles. The topological polar surface area (TPSA) is 67.2 Å². The van der Waals surface area contributed by atoms with Crippen LogP contribution in [-0.4, -0.2) is 17.1 Å². The maximum absolute atomic E-state index is 11.3. The molecule has 0 radical (unpaired) electrons. The average Bonchev–Trinajstić information content (AvgIpc) is 2.50. The van der Waals surface area contributed by atoms with Gasteiger partial charge in [0, 0.05) is 6.42 Å². The largest absolute Gasteiger partial charge is 0.369 e. The smallest absolute Gasteiger partial charge is 0.242 e. The molecule has 14 heavy (non-hydrogen) atoms. The second-order valence-electron chi connectivity index (χ2n) is 3.36. The predicted molar refractivity (Wildman–Crippen MR) is 50.8 cm³/mol. The summed E-state index contributed by atoms with van der Waals surface area (Å²) in [7, 11) is 0. The van der Waals surface area contributed by atoms with Gasteiger partial charge in [-0.15, -0.1) is 0 Å². The number of nitrogens with one attached hydrogen (secondary N) is 2. The summed E-state index contributed by atoms with van der Waals surface area (Å²) in [4.78, 5) is 11.3. The van der Waals surface area contributed by atoms with E-state index in [1.807, 2.05) is 13.8 Å². The normalized spacial score (nSPS) is 20.7. The fourth-order valence-electron chi connectivity index (χ4n) is 1.49. The van der Waals surface area contributed by atoms with E-state index in [2.05, 4.69) is 15.8 Å². The average molecular weight is 195 g/mol. The Hall–Kier alpha value is -1.52. The van der Waals surface area contributed by atoms with E-state index in [-0.39, 0.29) is 11.9 Å². The molecule has 0 bridgehead atoms. The van der Waals surface area contributed by atoms with Crippen molar-refractivity contribution in [1.29, 1.82) is 0 Å². The van der Waals surface area contributed by atoms with Crippen molar-refractivity contribution in [3.05, 3.63) is 11.5 Å². The van der Waals surface area contributed by atoms with Gasteiger partial charge in [-0.2, -0.15) is 0 Å². The number of hydrogen-bond acceptors (Lipinski definition) is 4. The van der Waals surface area contributed by atoms with E-state index in [1.165, 1.54) is 0 Å². The molecule has 76 valence electrons. The zero-order valence-corrected chi connectivity index (χ0v) is 8.26. The molecule has 0 fully saturated rings. The van der Waals surface area contributed by atoms with E-state index in [9.17, 15) is 4.79 Å². The fourth-order valence-corrected chi connectivity index (χ4v) is 1.49. The van der Waals surface area contributed by atoms with Crippen molar-refractivity contribution in [3.8, 4) is 0 Å². The van der Waals surface area contributed by atoms with Crippen molar-refractivity contribution < 1.29 is 9.32 Å². The number of aromatic nitrogens is 1. The molecule has 0 aromatic carbocycles. The van der Waals surface area contributed by atoms with Gasteiger partial charge in [0.05, 0.1) is 6.54 Å². The van der Waals surface area contributed by atoms with Gasteiger partial charge < -0.3 is 15.2 Å². The van der Waals surface area contributed by atoms with Crippen molar-refractivity contribution in [1.82, 2.24) is 10.5 Å². The van der Waals surface area contributed by atoms with E-state index in [0.29, 0.717) is 6.54 Å². The third kappa shape index (κ3) is 1.34. The van der Waals surface area contributed by atoms with Crippen LogP contribution >= 0.6 is 0 Å². The highest BCUT2D eigenvalue weighted by Crippen LogP contribution is 2.23. The number of hydrogen-bond donors (Lipinski definition) is 2. The molecule has 0 aliphatic carbocycles. The van der Waals surface area contributed by atoms with E-state index in [1.54, 1.807) is 0 Å². The molecule has 1 aromatic rings. The van der Waals surface area contributed by atoms with Crippen LogP contribution in [0.5, 0.6) is 0 Å². The first kappa shape index (κ1) is 9.05. The summed E-state index contributed by atoms with van der Waals surface area (Å²) in [6, 6.07) is -0.235. The minimum atomic E-state index is -0.235. The molecule has 1 aliphatic rings. The molecule has 5 nitrogen and oxygen atoms in total. The SMILES string of the molecule is CCc1onc2c1NC(C)C(=O)NC2. The van der Waals surface area contributed by atoms with Crippen molar-refractivity contribution in [3.63, 3.8) is 0 Å². The Kier molecular flexibility index (Phi) is 2.15. The van der Waals surface area contributed by atoms with Gasteiger partial charge in [-0.25, -0.2) is 0 Å². The van der Waals surface area contributed by atoms with E-state index in [0.717, 1.165) is 23.6 Å². The fraction of sp³-hybridized carbons (Fsp3) is 0.556. The second kappa shape index (κ2) is 3.32. The molecule has 1 aromatic heterocycles. The number of nitrogens with zero attached hydrogens (tertiary/aromatic N) is 1. The molecule has 0 spiro atoms. The number of amides is 1. The maximum Gasteiger partial charge on any atom is 0.242 e. The number of anilines is 1. The van der Waals surface area contributed by atoms with Crippen molar-refractivity contribution in [2.24, 2.45) is 0 Å². The lowest BCUT2D eigenvalue weighted by atomic mass is 10.2. The van der Waals surface area contributed by atoms with Crippen LogP contribution in [0.25, 0.3) is 0 Å². The second-order valence-corrected chi connectivity index (χ2v) is 3.36. The molecule has 1 amide bonds. The highest BCUT2D eigenvalue weighted by Gasteiger charge is 2.23. The monoisotopic (exact) mass is 195 g/mol. The highest BCUT2D eigenvalue weighted by atomic mass is 16.5. The predicted octanol–water partition coefficient (Wildman–Crippen LogP) is 0.667. The quantitative estimate of drug-likeness (QED) is 0.691. The highest BCUT2D eigenvalue weighted by molar-refractivity contribution is 5.85. The van der Waals surface area contributed by atoms with E-state index < -0.39 is 0 Å². The summed E-state index contributed by atoms with van der Waals surface area (Å²) in [5.74, 6) is 0.799. The lowest BCUT2D eigenvalue weighted by Gasteiger charge is -2.09. The van der Waals surface area contributed by atoms with Gasteiger partial charge in [0.25, 0.3) is 0 Å². The molecule has 2 heterocycles. The van der Waals surface area contributed by atoms with Crippen LogP contribution in [0.3, 0.4) is 0 Å². The minimum Gasteiger partial charge on any atom is -0.369 e. The minimum absolute atomic E-state index is 0.00921. The number of fused-ring (bicyclic) bond motifs is 1. The summed E-state index contributed by atoms with van der Waals surface area (Å²) < 4.78 is 5.14.